The Morgan fingerprint density at radius 3 is 2.48 bits per heavy atom. The van der Waals surface area contributed by atoms with Crippen molar-refractivity contribution in [3.8, 4) is 0 Å². The van der Waals surface area contributed by atoms with E-state index in [1.165, 1.54) is 19.3 Å². The molecule has 134 valence electrons. The normalized spacial score (nSPS) is 19.2. The van der Waals surface area contributed by atoms with Crippen LogP contribution in [-0.2, 0) is 4.79 Å². The van der Waals surface area contributed by atoms with Gasteiger partial charge < -0.3 is 15.1 Å². The maximum absolute atomic E-state index is 12.3. The number of carbonyl (C=O) groups excluding carboxylic acids is 2. The second kappa shape index (κ2) is 8.65. The molecule has 1 aromatic rings. The molecule has 1 aromatic heterocycles. The maximum Gasteiger partial charge on any atom is 0.317 e. The van der Waals surface area contributed by atoms with Crippen molar-refractivity contribution in [2.24, 2.45) is 0 Å². The lowest BCUT2D eigenvalue weighted by atomic mass is 9.96. The van der Waals surface area contributed by atoms with Crippen LogP contribution in [-0.4, -0.2) is 58.9 Å². The van der Waals surface area contributed by atoms with Crippen LogP contribution in [0.2, 0.25) is 0 Å². The summed E-state index contributed by atoms with van der Waals surface area (Å²) in [6.45, 7) is 2.33. The van der Waals surface area contributed by atoms with Crippen LogP contribution in [0.5, 0.6) is 0 Å². The molecule has 2 heterocycles. The van der Waals surface area contributed by atoms with Gasteiger partial charge in [-0.05, 0) is 30.5 Å². The highest BCUT2D eigenvalue weighted by Gasteiger charge is 2.25. The van der Waals surface area contributed by atoms with Crippen LogP contribution >= 0.6 is 0 Å². The molecule has 0 aromatic carbocycles. The molecule has 0 atom stereocenters. The Bertz CT molecular complexity index is 603. The zero-order valence-electron chi connectivity index (χ0n) is 14.6. The molecule has 0 radical (unpaired) electrons. The molecule has 2 aliphatic rings. The minimum atomic E-state index is -0.0174. The van der Waals surface area contributed by atoms with E-state index in [4.69, 9.17) is 0 Å². The Morgan fingerprint density at radius 1 is 1.08 bits per heavy atom. The number of rotatable bonds is 3. The predicted molar refractivity (Wildman–Crippen MR) is 96.8 cm³/mol. The molecular weight excluding hydrogens is 316 g/mol. The van der Waals surface area contributed by atoms with Gasteiger partial charge in [0, 0.05) is 50.7 Å². The van der Waals surface area contributed by atoms with Crippen LogP contribution in [0.15, 0.2) is 30.6 Å². The fourth-order valence-electron chi connectivity index (χ4n) is 3.39. The largest absolute Gasteiger partial charge is 0.336 e. The van der Waals surface area contributed by atoms with Crippen molar-refractivity contribution in [1.82, 2.24) is 20.1 Å². The van der Waals surface area contributed by atoms with E-state index in [1.54, 1.807) is 29.4 Å². The molecule has 6 nitrogen and oxygen atoms in total. The summed E-state index contributed by atoms with van der Waals surface area (Å²) in [6, 6.07) is 4.09. The molecule has 3 amide bonds. The van der Waals surface area contributed by atoms with Crippen molar-refractivity contribution in [3.63, 3.8) is 0 Å². The molecule has 1 N–H and O–H groups in total. The summed E-state index contributed by atoms with van der Waals surface area (Å²) in [5.41, 5.74) is 0.904. The van der Waals surface area contributed by atoms with E-state index in [9.17, 15) is 9.59 Å². The Kier molecular flexibility index (Phi) is 6.04. The number of nitrogens with one attached hydrogen (secondary N) is 1. The summed E-state index contributed by atoms with van der Waals surface area (Å²) in [4.78, 5) is 32.2. The minimum absolute atomic E-state index is 0.0174. The summed E-state index contributed by atoms with van der Waals surface area (Å²) >= 11 is 0. The van der Waals surface area contributed by atoms with E-state index in [-0.39, 0.29) is 11.9 Å². The summed E-state index contributed by atoms with van der Waals surface area (Å²) < 4.78 is 0. The van der Waals surface area contributed by atoms with Gasteiger partial charge in [-0.3, -0.25) is 9.78 Å². The maximum atomic E-state index is 12.3. The number of aromatic nitrogens is 1. The molecule has 1 saturated carbocycles. The first-order valence-corrected chi connectivity index (χ1v) is 9.15. The standard InChI is InChI=1S/C19H26N4O2/c24-18(9-8-16-5-4-10-20-15-16)22-11-13-23(14-12-22)19(25)21-17-6-2-1-3-7-17/h4-5,8-10,15,17H,1-3,6-7,11-14H2,(H,21,25). The van der Waals surface area contributed by atoms with Crippen molar-refractivity contribution in [3.05, 3.63) is 36.2 Å². The van der Waals surface area contributed by atoms with Crippen LogP contribution in [0, 0.1) is 0 Å². The van der Waals surface area contributed by atoms with Crippen molar-refractivity contribution in [1.29, 1.82) is 0 Å². The zero-order valence-corrected chi connectivity index (χ0v) is 14.6. The SMILES string of the molecule is O=C(C=Cc1cccnc1)N1CCN(C(=O)NC2CCCCC2)CC1. The smallest absolute Gasteiger partial charge is 0.317 e. The van der Waals surface area contributed by atoms with Gasteiger partial charge in [-0.25, -0.2) is 4.79 Å². The third-order valence-electron chi connectivity index (χ3n) is 4.91. The van der Waals surface area contributed by atoms with Gasteiger partial charge in [0.05, 0.1) is 0 Å². The van der Waals surface area contributed by atoms with E-state index >= 15 is 0 Å². The number of urea groups is 1. The van der Waals surface area contributed by atoms with Crippen molar-refractivity contribution in [2.45, 2.75) is 38.1 Å². The fourth-order valence-corrected chi connectivity index (χ4v) is 3.39. The van der Waals surface area contributed by atoms with Gasteiger partial charge in [0.1, 0.15) is 0 Å². The number of hydrogen-bond donors (Lipinski definition) is 1. The average Bonchev–Trinajstić information content (AvgIpc) is 2.68. The summed E-state index contributed by atoms with van der Waals surface area (Å²) in [5.74, 6) is -0.0174. The van der Waals surface area contributed by atoms with Crippen LogP contribution < -0.4 is 5.32 Å². The zero-order chi connectivity index (χ0) is 17.5. The second-order valence-corrected chi connectivity index (χ2v) is 6.72. The highest BCUT2D eigenvalue weighted by Crippen LogP contribution is 2.17. The first-order chi connectivity index (χ1) is 12.2. The molecule has 25 heavy (non-hydrogen) atoms. The third-order valence-corrected chi connectivity index (χ3v) is 4.91. The van der Waals surface area contributed by atoms with Crippen LogP contribution in [0.1, 0.15) is 37.7 Å². The molecule has 6 heteroatoms. The lowest BCUT2D eigenvalue weighted by Crippen LogP contribution is -2.54. The molecule has 0 bridgehead atoms. The fraction of sp³-hybridized carbons (Fsp3) is 0.526. The Morgan fingerprint density at radius 2 is 1.80 bits per heavy atom. The van der Waals surface area contributed by atoms with Crippen molar-refractivity contribution in [2.75, 3.05) is 26.2 Å². The molecule has 3 rings (SSSR count). The minimum Gasteiger partial charge on any atom is -0.336 e. The number of nitrogens with zero attached hydrogens (tertiary/aromatic N) is 3. The molecule has 1 aliphatic carbocycles. The van der Waals surface area contributed by atoms with Gasteiger partial charge in [0.15, 0.2) is 0 Å². The van der Waals surface area contributed by atoms with E-state index in [0.717, 1.165) is 18.4 Å². The number of carbonyl (C=O) groups is 2. The van der Waals surface area contributed by atoms with Crippen LogP contribution in [0.4, 0.5) is 4.79 Å². The first kappa shape index (κ1) is 17.5. The quantitative estimate of drug-likeness (QED) is 0.857. The molecular formula is C19H26N4O2. The van der Waals surface area contributed by atoms with E-state index in [1.807, 2.05) is 17.0 Å². The highest BCUT2D eigenvalue weighted by molar-refractivity contribution is 5.92. The van der Waals surface area contributed by atoms with Gasteiger partial charge in [0.2, 0.25) is 5.91 Å². The monoisotopic (exact) mass is 342 g/mol. The average molecular weight is 342 g/mol. The molecule has 0 unspecified atom stereocenters. The van der Waals surface area contributed by atoms with Crippen LogP contribution in [0.25, 0.3) is 6.08 Å². The Balaban J connectivity index is 1.44. The summed E-state index contributed by atoms with van der Waals surface area (Å²) in [6.07, 6.45) is 12.6. The van der Waals surface area contributed by atoms with Gasteiger partial charge in [-0.2, -0.15) is 0 Å². The number of pyridine rings is 1. The van der Waals surface area contributed by atoms with Gasteiger partial charge in [0.25, 0.3) is 0 Å². The van der Waals surface area contributed by atoms with E-state index in [0.29, 0.717) is 32.2 Å². The third kappa shape index (κ3) is 5.05. The topological polar surface area (TPSA) is 65.5 Å². The summed E-state index contributed by atoms with van der Waals surface area (Å²) in [7, 11) is 0. The number of piperazine rings is 1. The molecule has 1 aliphatic heterocycles. The van der Waals surface area contributed by atoms with Gasteiger partial charge >= 0.3 is 6.03 Å². The van der Waals surface area contributed by atoms with E-state index in [2.05, 4.69) is 10.3 Å². The number of hydrogen-bond acceptors (Lipinski definition) is 3. The lowest BCUT2D eigenvalue weighted by molar-refractivity contribution is -0.127. The Hall–Kier alpha value is -2.37. The van der Waals surface area contributed by atoms with Crippen molar-refractivity contribution < 1.29 is 9.59 Å². The van der Waals surface area contributed by atoms with Crippen LogP contribution in [0.3, 0.4) is 0 Å². The Labute approximate surface area is 148 Å². The predicted octanol–water partition coefficient (Wildman–Crippen LogP) is 2.28. The van der Waals surface area contributed by atoms with Gasteiger partial charge in [-0.15, -0.1) is 0 Å². The molecule has 2 fully saturated rings. The van der Waals surface area contributed by atoms with Gasteiger partial charge in [-0.1, -0.05) is 25.3 Å². The first-order valence-electron chi connectivity index (χ1n) is 9.15. The molecule has 1 saturated heterocycles. The van der Waals surface area contributed by atoms with Crippen molar-refractivity contribution >= 4 is 18.0 Å². The highest BCUT2D eigenvalue weighted by atomic mass is 16.2. The summed E-state index contributed by atoms with van der Waals surface area (Å²) in [5, 5.41) is 3.14. The number of amides is 3. The second-order valence-electron chi connectivity index (χ2n) is 6.72. The molecule has 0 spiro atoms. The lowest BCUT2D eigenvalue weighted by Gasteiger charge is -2.35. The van der Waals surface area contributed by atoms with E-state index < -0.39 is 0 Å².